The van der Waals surface area contributed by atoms with Crippen molar-refractivity contribution < 1.29 is 9.53 Å². The summed E-state index contributed by atoms with van der Waals surface area (Å²) in [5.41, 5.74) is 7.11. The maximum atomic E-state index is 12.6. The molecule has 2 saturated heterocycles. The number of H-pyrrole nitrogens is 1. The number of rotatable bonds is 6. The minimum absolute atomic E-state index is 0.00329. The van der Waals surface area contributed by atoms with Crippen LogP contribution in [0.2, 0.25) is 0 Å². The van der Waals surface area contributed by atoms with Crippen LogP contribution in [-0.2, 0) is 9.53 Å². The number of hydrogen-bond donors (Lipinski definition) is 2. The zero-order valence-corrected chi connectivity index (χ0v) is 20.9. The Morgan fingerprint density at radius 2 is 1.81 bits per heavy atom. The monoisotopic (exact) mass is 490 g/mol. The van der Waals surface area contributed by atoms with Crippen LogP contribution in [0.15, 0.2) is 78.4 Å². The van der Waals surface area contributed by atoms with Crippen LogP contribution >= 0.6 is 0 Å². The summed E-state index contributed by atoms with van der Waals surface area (Å²) in [6.07, 6.45) is 7.52. The molecule has 2 N–H and O–H groups in total. The minimum atomic E-state index is -0.00329. The molecule has 1 amide bonds. The number of methoxy groups -OCH3 is 1. The molecule has 2 atom stereocenters. The average Bonchev–Trinajstić information content (AvgIpc) is 3.67. The SMILES string of the molecule is COC1CCN(c2ccc(C=Cc3n[nH]c4cc(C=C5C(=O)NCC5c5ccccc5)ccc34)cc2)C1. The molecule has 2 aliphatic heterocycles. The molecule has 3 aromatic carbocycles. The van der Waals surface area contributed by atoms with Gasteiger partial charge < -0.3 is 15.0 Å². The largest absolute Gasteiger partial charge is 0.380 e. The number of hydrogen-bond acceptors (Lipinski definition) is 4. The molecule has 6 heteroatoms. The molecular weight excluding hydrogens is 460 g/mol. The van der Waals surface area contributed by atoms with Crippen LogP contribution in [0.5, 0.6) is 0 Å². The van der Waals surface area contributed by atoms with Gasteiger partial charge in [0.15, 0.2) is 0 Å². The second-order valence-electron chi connectivity index (χ2n) is 9.70. The molecular formula is C31H30N4O2. The highest BCUT2D eigenvalue weighted by atomic mass is 16.5. The van der Waals surface area contributed by atoms with E-state index >= 15 is 0 Å². The van der Waals surface area contributed by atoms with E-state index in [1.165, 1.54) is 5.69 Å². The lowest BCUT2D eigenvalue weighted by Crippen LogP contribution is -2.21. The van der Waals surface area contributed by atoms with E-state index in [2.05, 4.69) is 75.0 Å². The fourth-order valence-electron chi connectivity index (χ4n) is 5.30. The number of amides is 1. The van der Waals surface area contributed by atoms with Crippen LogP contribution in [0.25, 0.3) is 29.1 Å². The fourth-order valence-corrected chi connectivity index (χ4v) is 5.30. The minimum Gasteiger partial charge on any atom is -0.380 e. The lowest BCUT2D eigenvalue weighted by atomic mass is 9.92. The lowest BCUT2D eigenvalue weighted by Gasteiger charge is -2.18. The fraction of sp³-hybridized carbons (Fsp3) is 0.226. The van der Waals surface area contributed by atoms with Crippen molar-refractivity contribution >= 4 is 40.7 Å². The standard InChI is InChI=1S/C31H30N4O2/c1-37-25-15-16-35(20-25)24-11-7-21(8-12-24)10-14-29-26-13-9-22(18-30(26)34-33-29)17-27-28(19-32-31(27)36)23-5-3-2-4-6-23/h2-14,17-18,25,28H,15-16,19-20H2,1H3,(H,32,36)(H,33,34). The van der Waals surface area contributed by atoms with Crippen LogP contribution in [0, 0.1) is 0 Å². The number of nitrogens with zero attached hydrogens (tertiary/aromatic N) is 2. The van der Waals surface area contributed by atoms with Crippen molar-refractivity contribution in [1.82, 2.24) is 15.5 Å². The summed E-state index contributed by atoms with van der Waals surface area (Å²) < 4.78 is 5.49. The molecule has 3 heterocycles. The summed E-state index contributed by atoms with van der Waals surface area (Å²) in [6.45, 7) is 2.60. The Kier molecular flexibility index (Phi) is 6.33. The topological polar surface area (TPSA) is 70.2 Å². The number of aromatic nitrogens is 2. The predicted octanol–water partition coefficient (Wildman–Crippen LogP) is 5.26. The van der Waals surface area contributed by atoms with Gasteiger partial charge >= 0.3 is 0 Å². The van der Waals surface area contributed by atoms with Gasteiger partial charge in [0.1, 0.15) is 0 Å². The Labute approximate surface area is 216 Å². The van der Waals surface area contributed by atoms with Crippen molar-refractivity contribution in [1.29, 1.82) is 0 Å². The van der Waals surface area contributed by atoms with Crippen molar-refractivity contribution in [3.05, 3.63) is 101 Å². The summed E-state index contributed by atoms with van der Waals surface area (Å²) in [6, 6.07) is 25.0. The molecule has 0 aliphatic carbocycles. The Morgan fingerprint density at radius 3 is 2.59 bits per heavy atom. The van der Waals surface area contributed by atoms with Gasteiger partial charge in [-0.2, -0.15) is 5.10 Å². The van der Waals surface area contributed by atoms with Crippen molar-refractivity contribution in [2.24, 2.45) is 0 Å². The third-order valence-electron chi connectivity index (χ3n) is 7.42. The van der Waals surface area contributed by atoms with Gasteiger partial charge in [-0.3, -0.25) is 9.89 Å². The molecule has 186 valence electrons. The molecule has 1 aromatic heterocycles. The van der Waals surface area contributed by atoms with Gasteiger partial charge in [-0.25, -0.2) is 0 Å². The van der Waals surface area contributed by atoms with E-state index in [0.29, 0.717) is 12.6 Å². The molecule has 4 aromatic rings. The van der Waals surface area contributed by atoms with E-state index in [-0.39, 0.29) is 11.8 Å². The molecule has 37 heavy (non-hydrogen) atoms. The number of fused-ring (bicyclic) bond motifs is 1. The second kappa shape index (κ2) is 10.1. The molecule has 2 aliphatic rings. The summed E-state index contributed by atoms with van der Waals surface area (Å²) >= 11 is 0. The van der Waals surface area contributed by atoms with Crippen LogP contribution in [-0.4, -0.2) is 49.0 Å². The highest BCUT2D eigenvalue weighted by Gasteiger charge is 2.29. The Hall–Kier alpha value is -4.16. The first-order valence-corrected chi connectivity index (χ1v) is 12.8. The third kappa shape index (κ3) is 4.80. The third-order valence-corrected chi connectivity index (χ3v) is 7.42. The van der Waals surface area contributed by atoms with Gasteiger partial charge in [-0.05, 0) is 59.5 Å². The zero-order chi connectivity index (χ0) is 25.2. The molecule has 6 rings (SSSR count). The first-order valence-electron chi connectivity index (χ1n) is 12.8. The number of benzene rings is 3. The Balaban J connectivity index is 1.19. The summed E-state index contributed by atoms with van der Waals surface area (Å²) in [5, 5.41) is 11.7. The van der Waals surface area contributed by atoms with E-state index in [9.17, 15) is 4.79 Å². The average molecular weight is 491 g/mol. The molecule has 0 spiro atoms. The highest BCUT2D eigenvalue weighted by molar-refractivity contribution is 6.02. The van der Waals surface area contributed by atoms with Gasteiger partial charge in [0.2, 0.25) is 5.91 Å². The van der Waals surface area contributed by atoms with Crippen molar-refractivity contribution in [3.8, 4) is 0 Å². The van der Waals surface area contributed by atoms with Crippen LogP contribution < -0.4 is 10.2 Å². The quantitative estimate of drug-likeness (QED) is 0.362. The summed E-state index contributed by atoms with van der Waals surface area (Å²) in [4.78, 5) is 14.9. The first kappa shape index (κ1) is 23.3. The van der Waals surface area contributed by atoms with Crippen molar-refractivity contribution in [2.75, 3.05) is 31.6 Å². The maximum Gasteiger partial charge on any atom is 0.247 e. The predicted molar refractivity (Wildman–Crippen MR) is 149 cm³/mol. The van der Waals surface area contributed by atoms with Crippen molar-refractivity contribution in [2.45, 2.75) is 18.4 Å². The zero-order valence-electron chi connectivity index (χ0n) is 20.9. The number of anilines is 1. The highest BCUT2D eigenvalue weighted by Crippen LogP contribution is 2.31. The van der Waals surface area contributed by atoms with Crippen LogP contribution in [0.3, 0.4) is 0 Å². The number of ether oxygens (including phenoxy) is 1. The van der Waals surface area contributed by atoms with Gasteiger partial charge in [0.25, 0.3) is 0 Å². The number of aromatic amines is 1. The second-order valence-corrected chi connectivity index (χ2v) is 9.70. The molecule has 0 radical (unpaired) electrons. The van der Waals surface area contributed by atoms with E-state index in [1.807, 2.05) is 36.4 Å². The van der Waals surface area contributed by atoms with Gasteiger partial charge in [-0.15, -0.1) is 0 Å². The molecule has 2 unspecified atom stereocenters. The van der Waals surface area contributed by atoms with Gasteiger partial charge in [-0.1, -0.05) is 54.6 Å². The molecule has 0 saturated carbocycles. The van der Waals surface area contributed by atoms with Crippen molar-refractivity contribution in [3.63, 3.8) is 0 Å². The van der Waals surface area contributed by atoms with E-state index in [0.717, 1.165) is 58.4 Å². The number of carbonyl (C=O) groups excluding carboxylic acids is 1. The Bertz CT molecular complexity index is 1470. The van der Waals surface area contributed by atoms with Gasteiger partial charge in [0.05, 0.1) is 17.3 Å². The maximum absolute atomic E-state index is 12.6. The first-order chi connectivity index (χ1) is 18.2. The molecule has 0 bridgehead atoms. The van der Waals surface area contributed by atoms with Crippen LogP contribution in [0.4, 0.5) is 5.69 Å². The summed E-state index contributed by atoms with van der Waals surface area (Å²) in [5.74, 6) is 0.0550. The summed E-state index contributed by atoms with van der Waals surface area (Å²) in [7, 11) is 1.79. The normalized spacial score (nSPS) is 20.9. The Morgan fingerprint density at radius 1 is 1.00 bits per heavy atom. The number of nitrogens with one attached hydrogen (secondary N) is 2. The van der Waals surface area contributed by atoms with E-state index in [4.69, 9.17) is 4.74 Å². The van der Waals surface area contributed by atoms with Gasteiger partial charge in [0, 0.05) is 49.3 Å². The van der Waals surface area contributed by atoms with E-state index < -0.39 is 0 Å². The number of carbonyl (C=O) groups is 1. The smallest absolute Gasteiger partial charge is 0.247 e. The molecule has 2 fully saturated rings. The van der Waals surface area contributed by atoms with Crippen LogP contribution in [0.1, 0.15) is 34.7 Å². The lowest BCUT2D eigenvalue weighted by molar-refractivity contribution is -0.116. The molecule has 6 nitrogen and oxygen atoms in total. The van der Waals surface area contributed by atoms with E-state index in [1.54, 1.807) is 7.11 Å².